The van der Waals surface area contributed by atoms with E-state index in [1.54, 1.807) is 24.7 Å². The van der Waals surface area contributed by atoms with E-state index >= 15 is 0 Å². The smallest absolute Gasteiger partial charge is 0.380 e. The van der Waals surface area contributed by atoms with E-state index < -0.39 is 137 Å². The number of likely N-dealkylation sites (N-methyl/N-ethyl adjacent to an activating group) is 1. The van der Waals surface area contributed by atoms with Gasteiger partial charge in [0.15, 0.2) is 0 Å². The van der Waals surface area contributed by atoms with Crippen molar-refractivity contribution in [3.05, 3.63) is 0 Å². The summed E-state index contributed by atoms with van der Waals surface area (Å²) >= 11 is 0. The highest BCUT2D eigenvalue weighted by Crippen LogP contribution is 2.66. The molecule has 25 nitrogen and oxygen atoms in total. The lowest BCUT2D eigenvalue weighted by atomic mass is 9.85. The number of methoxy groups -OCH3 is 1. The molecule has 5 aliphatic heterocycles. The zero-order valence-electron chi connectivity index (χ0n) is 78.6. The number of alkyl halides is 12. The number of nitrogens with zero attached hydrogens (tertiary/aromatic N) is 4. The van der Waals surface area contributed by atoms with Crippen LogP contribution in [0.1, 0.15) is 123 Å². The predicted octanol–water partition coefficient (Wildman–Crippen LogP) is 4.42. The molecule has 2 aliphatic carbocycles. The van der Waals surface area contributed by atoms with Gasteiger partial charge in [0.25, 0.3) is 0 Å². The highest BCUT2D eigenvalue weighted by atomic mass is 19.4. The normalized spacial score (nSPS) is 18.7. The Kier molecular flexibility index (Phi) is 48.6. The SMILES string of the molecule is C#CC#CC#CC#CC#CC#CC#CC#CC#CC#CC#CC#CC#CC#CC#CC#CC#CC#CC#CC#CC#CC.CC(C)(C)[C@H](NC(=O)C(F)(F)F)C(=O)N1C[C@H]2[C@@H]([C@H]1C(=O)N[C@@H](C[C@@H]1CCNC1=O)C(N)=O)C2(C)C.CC(C)(C)[C@H](NC(=O)C(F)(F)F)C(=O)N1C[C@H]2[C@@H]([C@H]1C(=O)N[C@H](C#N)C[C@@H]1CCNC1=O)C2(C)C.CN1CCOCC1.COC(C)(C)C.O=C(OC(=O)C(F)(F)F)C(F)(F)F. The number of primary amides is 1. The Morgan fingerprint density at radius 2 is 0.743 bits per heavy atom. The van der Waals surface area contributed by atoms with Crippen molar-refractivity contribution in [3.63, 3.8) is 0 Å². The van der Waals surface area contributed by atoms with Crippen molar-refractivity contribution in [2.45, 2.75) is 189 Å². The molecule has 0 spiro atoms. The van der Waals surface area contributed by atoms with E-state index in [1.807, 2.05) is 54.5 Å². The number of fused-ring (bicyclic) bond motifs is 2. The summed E-state index contributed by atoms with van der Waals surface area (Å²) in [4.78, 5) is 137. The van der Waals surface area contributed by atoms with Gasteiger partial charge in [0.2, 0.25) is 41.4 Å². The van der Waals surface area contributed by atoms with E-state index in [1.165, 1.54) is 51.3 Å². The number of hydrogen-bond acceptors (Lipinski definition) is 16. The van der Waals surface area contributed by atoms with Gasteiger partial charge in [0.05, 0.1) is 24.9 Å². The Morgan fingerprint density at radius 1 is 0.464 bits per heavy atom. The summed E-state index contributed by atoms with van der Waals surface area (Å²) in [6.45, 7) is 29.9. The summed E-state index contributed by atoms with van der Waals surface area (Å²) < 4.78 is 157. The number of hydrogen-bond donors (Lipinski definition) is 7. The number of ether oxygens (including phenoxy) is 3. The molecule has 0 aromatic heterocycles. The Bertz CT molecular complexity index is 6200. The summed E-state index contributed by atoms with van der Waals surface area (Å²) in [6, 6.07) is -5.25. The highest BCUT2D eigenvalue weighted by molar-refractivity contribution is 5.98. The third kappa shape index (κ3) is 44.0. The van der Waals surface area contributed by atoms with Crippen LogP contribution in [0.2, 0.25) is 0 Å². The van der Waals surface area contributed by atoms with Gasteiger partial charge in [0.1, 0.15) is 36.3 Å². The van der Waals surface area contributed by atoms with Crippen LogP contribution in [0.4, 0.5) is 52.7 Å². The van der Waals surface area contributed by atoms with Gasteiger partial charge in [-0.15, -0.1) is 6.42 Å². The molecule has 5 heterocycles. The average Bonchev–Trinajstić information content (AvgIpc) is 1.53. The van der Waals surface area contributed by atoms with Gasteiger partial charge in [-0.1, -0.05) is 75.2 Å². The lowest BCUT2D eigenvalue weighted by Gasteiger charge is -2.38. The number of esters is 2. The molecule has 0 bridgehead atoms. The quantitative estimate of drug-likeness (QED) is 0.0581. The molecule has 140 heavy (non-hydrogen) atoms. The molecule has 8 N–H and O–H groups in total. The lowest BCUT2D eigenvalue weighted by molar-refractivity contribution is -0.221. The Morgan fingerprint density at radius 3 is 0.964 bits per heavy atom. The summed E-state index contributed by atoms with van der Waals surface area (Å²) in [5.41, 5.74) is 2.80. The van der Waals surface area contributed by atoms with Crippen molar-refractivity contribution in [2.24, 2.45) is 62.9 Å². The van der Waals surface area contributed by atoms with Crippen LogP contribution in [-0.4, -0.2) is 213 Å². The summed E-state index contributed by atoms with van der Waals surface area (Å²) in [5.74, 6) is 85.3. The van der Waals surface area contributed by atoms with Crippen molar-refractivity contribution in [1.29, 1.82) is 5.26 Å². The minimum absolute atomic E-state index is 0.00266. The zero-order valence-corrected chi connectivity index (χ0v) is 78.6. The van der Waals surface area contributed by atoms with Gasteiger partial charge in [0, 0.05) is 200 Å². The minimum Gasteiger partial charge on any atom is -0.380 e. The molecule has 0 aromatic carbocycles. The topological polar surface area (TPSA) is 347 Å². The number of nitriles is 1. The van der Waals surface area contributed by atoms with Crippen LogP contribution < -0.4 is 37.6 Å². The molecule has 7 rings (SSSR count). The maximum Gasteiger partial charge on any atom is 0.491 e. The molecule has 0 unspecified atom stereocenters. The third-order valence-electron chi connectivity index (χ3n) is 20.4. The third-order valence-corrected chi connectivity index (χ3v) is 20.4. The summed E-state index contributed by atoms with van der Waals surface area (Å²) in [5, 5.41) is 23.7. The van der Waals surface area contributed by atoms with Crippen LogP contribution in [0.5, 0.6) is 0 Å². The van der Waals surface area contributed by atoms with E-state index in [4.69, 9.17) is 21.6 Å². The van der Waals surface area contributed by atoms with Crippen LogP contribution in [0.15, 0.2) is 0 Å². The Balaban J connectivity index is 0.000000628. The summed E-state index contributed by atoms with van der Waals surface area (Å²) in [7, 11) is 3.82. The number of amides is 9. The molecule has 37 heteroatoms. The number of halogens is 12. The highest BCUT2D eigenvalue weighted by Gasteiger charge is 2.71. The maximum atomic E-state index is 13.5. The van der Waals surface area contributed by atoms with Crippen LogP contribution in [0.25, 0.3) is 0 Å². The lowest BCUT2D eigenvalue weighted by Crippen LogP contribution is -2.61. The average molecular weight is 1940 g/mol. The molecule has 7 fully saturated rings. The van der Waals surface area contributed by atoms with E-state index in [-0.39, 0.29) is 77.8 Å². The first-order valence-electron chi connectivity index (χ1n) is 41.6. The van der Waals surface area contributed by atoms with Crippen LogP contribution in [0.3, 0.4) is 0 Å². The van der Waals surface area contributed by atoms with E-state index in [2.05, 4.69) is 281 Å². The number of carbonyl (C=O) groups excluding carboxylic acids is 11. The summed E-state index contributed by atoms with van der Waals surface area (Å²) in [6.07, 6.45) is -15.5. The minimum atomic E-state index is -5.62. The van der Waals surface area contributed by atoms with Crippen molar-refractivity contribution < 1.29 is 120 Å². The van der Waals surface area contributed by atoms with Crippen molar-refractivity contribution >= 4 is 65.1 Å². The van der Waals surface area contributed by atoms with Crippen LogP contribution in [-0.2, 0) is 67.0 Å². The van der Waals surface area contributed by atoms with Gasteiger partial charge < -0.3 is 66.5 Å². The van der Waals surface area contributed by atoms with Gasteiger partial charge in [-0.25, -0.2) is 9.59 Å². The standard InChI is InChI=1S/C43H4.C23H34F3N5O5.C23H32F3N5O4.C5H11NO.C5H12O.C4F6O3/c1-3-5-7-9-11-13-15-17-19-21-23-25-27-29-31-33-35-37-39-41-43-42-40-38-36-34-32-30-28-26-24-22-20-18-16-14-12-10-8-6-4-2;1-21(2,3)15(30-20(36)23(24,25)26)19(35)31-9-11-13(22(11,4)5)14(31)18(34)29-12(16(27)32)8-10-6-7-28-17(10)33;1-21(2,3)16(30-20(35)23(24,25)26)19(34)31-10-13-14(22(13,4)5)15(31)18(33)29-12(9-27)8-11-6-7-28-17(11)32;1-6-2-4-7-5-3-6;1-5(2,3)6-4;5-3(6,7)1(11)13-2(12)4(8,9)10/h1H,2H3;10-15H,6-9H2,1-5H3,(H2,27,32)(H,28,33)(H,29,34)(H,30,36);11-16H,6-8,10H2,1-5H3,(H,28,32)(H,29,33)(H,30,35);2-5H2,1H3;1-4H3;/t;10-,11-,12-,13-,14-,15+;11-,12-,13-,14-,15-,16+;;;/m.00.../s1. The molecular formula is C103H93F12N11O14. The van der Waals surface area contributed by atoms with Crippen LogP contribution in [0, 0.1) is 318 Å². The molecule has 728 valence electrons. The number of piperidine rings is 2. The number of rotatable bonds is 13. The molecule has 0 radical (unpaired) electrons. The predicted molar refractivity (Wildman–Crippen MR) is 486 cm³/mol. The van der Waals surface area contributed by atoms with Crippen molar-refractivity contribution in [1.82, 2.24) is 46.6 Å². The fourth-order valence-electron chi connectivity index (χ4n) is 13.0. The molecule has 7 aliphatic rings. The second kappa shape index (κ2) is 56.9. The molecule has 9 amide bonds. The van der Waals surface area contributed by atoms with Crippen LogP contribution >= 0.6 is 0 Å². The second-order valence-corrected chi connectivity index (χ2v) is 34.2. The molecule has 5 saturated heterocycles. The first-order chi connectivity index (χ1) is 65.3. The Hall–Kier alpha value is -16.3. The van der Waals surface area contributed by atoms with E-state index in [9.17, 15) is 111 Å². The fraction of sp³-hybridized carbons (Fsp3) is 0.476. The number of morpholine rings is 1. The number of nitrogens with one attached hydrogen (secondary N) is 6. The second-order valence-electron chi connectivity index (χ2n) is 34.2. The van der Waals surface area contributed by atoms with Gasteiger partial charge >= 0.3 is 48.5 Å². The van der Waals surface area contributed by atoms with E-state index in [0.717, 1.165) is 26.3 Å². The van der Waals surface area contributed by atoms with Crippen molar-refractivity contribution in [2.75, 3.05) is 66.6 Å². The first kappa shape index (κ1) is 120. The zero-order chi connectivity index (χ0) is 106. The molecule has 0 aromatic rings. The van der Waals surface area contributed by atoms with Crippen molar-refractivity contribution in [3.8, 4) is 255 Å². The monoisotopic (exact) mass is 1940 g/mol. The largest absolute Gasteiger partial charge is 0.491 e. The maximum absolute atomic E-state index is 13.5. The molecule has 12 atom stereocenters. The number of carbonyl (C=O) groups is 11. The van der Waals surface area contributed by atoms with Gasteiger partial charge in [-0.2, -0.15) is 57.9 Å². The fourth-order valence-corrected chi connectivity index (χ4v) is 13.0. The molecular weight excluding hydrogens is 1840 g/mol. The number of terminal acetylenes is 1. The Labute approximate surface area is 806 Å². The molecule has 2 saturated carbocycles. The van der Waals surface area contributed by atoms with Gasteiger partial charge in [-0.05, 0) is 200 Å². The van der Waals surface area contributed by atoms with Gasteiger partial charge in [-0.3, -0.25) is 43.2 Å². The van der Waals surface area contributed by atoms with E-state index in [0.29, 0.717) is 25.9 Å². The first-order valence-corrected chi connectivity index (χ1v) is 41.6. The number of likely N-dealkylation sites (tertiary alicyclic amines) is 2. The number of nitrogens with two attached hydrogens (primary N) is 1.